The average Bonchev–Trinajstić information content (AvgIpc) is 2.64. The van der Waals surface area contributed by atoms with Crippen molar-refractivity contribution in [3.63, 3.8) is 0 Å². The fourth-order valence-corrected chi connectivity index (χ4v) is 2.54. The molecule has 6 nitrogen and oxygen atoms in total. The first-order valence-corrected chi connectivity index (χ1v) is 9.44. The first-order valence-electron chi connectivity index (χ1n) is 9.44. The number of ether oxygens (including phenoxy) is 1. The summed E-state index contributed by atoms with van der Waals surface area (Å²) < 4.78 is 41.1. The van der Waals surface area contributed by atoms with E-state index in [0.29, 0.717) is 18.4 Å². The molecule has 1 rings (SSSR count). The Balaban J connectivity index is 2.35. The molecule has 0 saturated heterocycles. The van der Waals surface area contributed by atoms with E-state index in [1.807, 2.05) is 18.7 Å². The summed E-state index contributed by atoms with van der Waals surface area (Å²) in [5.74, 6) is -0.321. The minimum absolute atomic E-state index is 0.0529. The first kappa shape index (κ1) is 23.7. The molecular formula is C19H28F3N3O3. The third kappa shape index (κ3) is 10.1. The maximum absolute atomic E-state index is 12.2. The number of pyridine rings is 1. The fraction of sp³-hybridized carbons (Fsp3) is 0.632. The third-order valence-electron chi connectivity index (χ3n) is 3.81. The maximum atomic E-state index is 12.2. The molecule has 0 bridgehead atoms. The number of nitrogens with zero attached hydrogens (tertiary/aromatic N) is 2. The molecule has 9 heteroatoms. The van der Waals surface area contributed by atoms with E-state index in [4.69, 9.17) is 0 Å². The Morgan fingerprint density at radius 3 is 2.46 bits per heavy atom. The van der Waals surface area contributed by atoms with Crippen LogP contribution in [0.1, 0.15) is 51.5 Å². The highest BCUT2D eigenvalue weighted by Gasteiger charge is 2.28. The van der Waals surface area contributed by atoms with Crippen LogP contribution < -0.4 is 10.1 Å². The lowest BCUT2D eigenvalue weighted by Gasteiger charge is -2.21. The van der Waals surface area contributed by atoms with Gasteiger partial charge < -0.3 is 15.0 Å². The second kappa shape index (κ2) is 12.2. The van der Waals surface area contributed by atoms with E-state index < -0.39 is 12.8 Å². The lowest BCUT2D eigenvalue weighted by Crippen LogP contribution is -2.32. The topological polar surface area (TPSA) is 71.5 Å². The second-order valence-electron chi connectivity index (χ2n) is 6.42. The number of hydrogen-bond acceptors (Lipinski definition) is 4. The lowest BCUT2D eigenvalue weighted by molar-refractivity contribution is -0.154. The van der Waals surface area contributed by atoms with Crippen LogP contribution in [0.4, 0.5) is 13.2 Å². The number of rotatable bonds is 12. The number of halogens is 3. The zero-order chi connectivity index (χ0) is 21.0. The molecule has 0 fully saturated rings. The molecule has 28 heavy (non-hydrogen) atoms. The standard InChI is InChI=1S/C19H28F3N3O3/c1-3-10-25(11-4-2)18(27)7-5-6-16(26)24-13-15-8-9-23-17(12-15)28-14-19(20,21)22/h8-9,12H,3-7,10-11,13-14H2,1-2H3,(H,24,26). The predicted molar refractivity (Wildman–Crippen MR) is 98.6 cm³/mol. The van der Waals surface area contributed by atoms with Gasteiger partial charge in [-0.15, -0.1) is 0 Å². The molecule has 0 spiro atoms. The van der Waals surface area contributed by atoms with Crippen LogP contribution in [-0.2, 0) is 16.1 Å². The Morgan fingerprint density at radius 1 is 1.18 bits per heavy atom. The SMILES string of the molecule is CCCN(CCC)C(=O)CCCC(=O)NCc1ccnc(OCC(F)(F)F)c1. The molecule has 1 aromatic heterocycles. The van der Waals surface area contributed by atoms with Crippen molar-refractivity contribution in [2.45, 2.75) is 58.7 Å². The minimum Gasteiger partial charge on any atom is -0.468 e. The summed E-state index contributed by atoms with van der Waals surface area (Å²) in [7, 11) is 0. The summed E-state index contributed by atoms with van der Waals surface area (Å²) in [6.07, 6.45) is -0.349. The fourth-order valence-electron chi connectivity index (χ4n) is 2.54. The zero-order valence-electron chi connectivity index (χ0n) is 16.3. The van der Waals surface area contributed by atoms with Gasteiger partial charge in [0.2, 0.25) is 17.7 Å². The number of amides is 2. The number of carbonyl (C=O) groups excluding carboxylic acids is 2. The molecule has 158 valence electrons. The smallest absolute Gasteiger partial charge is 0.422 e. The van der Waals surface area contributed by atoms with Gasteiger partial charge in [0.15, 0.2) is 6.61 Å². The van der Waals surface area contributed by atoms with Crippen molar-refractivity contribution in [2.24, 2.45) is 0 Å². The van der Waals surface area contributed by atoms with E-state index in [1.54, 1.807) is 6.07 Å². The summed E-state index contributed by atoms with van der Waals surface area (Å²) in [6, 6.07) is 2.93. The molecule has 1 N–H and O–H groups in total. The van der Waals surface area contributed by atoms with Gasteiger partial charge in [0, 0.05) is 44.7 Å². The number of carbonyl (C=O) groups is 2. The van der Waals surface area contributed by atoms with Crippen LogP contribution >= 0.6 is 0 Å². The molecule has 0 aliphatic heterocycles. The van der Waals surface area contributed by atoms with E-state index in [9.17, 15) is 22.8 Å². The molecule has 1 aromatic rings. The Kier molecular flexibility index (Phi) is 10.3. The largest absolute Gasteiger partial charge is 0.468 e. The molecule has 0 radical (unpaired) electrons. The van der Waals surface area contributed by atoms with E-state index in [1.165, 1.54) is 12.3 Å². The molecule has 0 saturated carbocycles. The molecule has 0 atom stereocenters. The monoisotopic (exact) mass is 403 g/mol. The Hall–Kier alpha value is -2.32. The van der Waals surface area contributed by atoms with E-state index in [2.05, 4.69) is 15.0 Å². The Labute approximate surface area is 163 Å². The van der Waals surface area contributed by atoms with Crippen molar-refractivity contribution < 1.29 is 27.5 Å². The number of hydrogen-bond donors (Lipinski definition) is 1. The molecule has 0 aromatic carbocycles. The van der Waals surface area contributed by atoms with Gasteiger partial charge in [-0.1, -0.05) is 13.8 Å². The van der Waals surface area contributed by atoms with Crippen LogP contribution in [0.3, 0.4) is 0 Å². The summed E-state index contributed by atoms with van der Waals surface area (Å²) in [5, 5.41) is 2.68. The van der Waals surface area contributed by atoms with Gasteiger partial charge in [-0.2, -0.15) is 13.2 Å². The van der Waals surface area contributed by atoms with Crippen LogP contribution in [0.25, 0.3) is 0 Å². The van der Waals surface area contributed by atoms with E-state index in [0.717, 1.165) is 25.9 Å². The molecule has 0 aliphatic rings. The van der Waals surface area contributed by atoms with Crippen molar-refractivity contribution in [3.8, 4) is 5.88 Å². The summed E-state index contributed by atoms with van der Waals surface area (Å²) in [4.78, 5) is 29.6. The first-order chi connectivity index (χ1) is 13.2. The van der Waals surface area contributed by atoms with Crippen LogP contribution in [0.15, 0.2) is 18.3 Å². The number of alkyl halides is 3. The van der Waals surface area contributed by atoms with E-state index in [-0.39, 0.29) is 30.7 Å². The highest BCUT2D eigenvalue weighted by atomic mass is 19.4. The quantitative estimate of drug-likeness (QED) is 0.580. The molecular weight excluding hydrogens is 375 g/mol. The zero-order valence-corrected chi connectivity index (χ0v) is 16.3. The van der Waals surface area contributed by atoms with E-state index >= 15 is 0 Å². The maximum Gasteiger partial charge on any atom is 0.422 e. The highest BCUT2D eigenvalue weighted by Crippen LogP contribution is 2.17. The van der Waals surface area contributed by atoms with Crippen molar-refractivity contribution in [1.29, 1.82) is 0 Å². The summed E-state index contributed by atoms with van der Waals surface area (Å²) in [6.45, 7) is 4.20. The molecule has 2 amide bonds. The summed E-state index contributed by atoms with van der Waals surface area (Å²) >= 11 is 0. The van der Waals surface area contributed by atoms with Crippen LogP contribution in [-0.4, -0.2) is 47.6 Å². The lowest BCUT2D eigenvalue weighted by atomic mass is 10.2. The van der Waals surface area contributed by atoms with Gasteiger partial charge in [-0.05, 0) is 30.9 Å². The van der Waals surface area contributed by atoms with Crippen LogP contribution in [0.2, 0.25) is 0 Å². The van der Waals surface area contributed by atoms with Gasteiger partial charge in [0.25, 0.3) is 0 Å². The minimum atomic E-state index is -4.44. The number of nitrogens with one attached hydrogen (secondary N) is 1. The number of aromatic nitrogens is 1. The normalized spacial score (nSPS) is 11.2. The summed E-state index contributed by atoms with van der Waals surface area (Å²) in [5.41, 5.74) is 0.577. The third-order valence-corrected chi connectivity index (χ3v) is 3.81. The molecule has 0 aliphatic carbocycles. The van der Waals surface area contributed by atoms with Crippen molar-refractivity contribution in [1.82, 2.24) is 15.2 Å². The van der Waals surface area contributed by atoms with Crippen LogP contribution in [0, 0.1) is 0 Å². The average molecular weight is 403 g/mol. The van der Waals surface area contributed by atoms with Crippen molar-refractivity contribution in [2.75, 3.05) is 19.7 Å². The van der Waals surface area contributed by atoms with Crippen LogP contribution in [0.5, 0.6) is 5.88 Å². The Bertz CT molecular complexity index is 618. The second-order valence-corrected chi connectivity index (χ2v) is 6.42. The van der Waals surface area contributed by atoms with Gasteiger partial charge in [-0.3, -0.25) is 9.59 Å². The van der Waals surface area contributed by atoms with Crippen molar-refractivity contribution >= 4 is 11.8 Å². The van der Waals surface area contributed by atoms with Gasteiger partial charge in [0.05, 0.1) is 0 Å². The Morgan fingerprint density at radius 2 is 1.86 bits per heavy atom. The molecule has 1 heterocycles. The van der Waals surface area contributed by atoms with Gasteiger partial charge in [0.1, 0.15) is 0 Å². The van der Waals surface area contributed by atoms with Crippen molar-refractivity contribution in [3.05, 3.63) is 23.9 Å². The van der Waals surface area contributed by atoms with Gasteiger partial charge >= 0.3 is 6.18 Å². The molecule has 0 unspecified atom stereocenters. The highest BCUT2D eigenvalue weighted by molar-refractivity contribution is 5.79. The van der Waals surface area contributed by atoms with Gasteiger partial charge in [-0.25, -0.2) is 4.98 Å². The predicted octanol–water partition coefficient (Wildman–Crippen LogP) is 3.46.